The van der Waals surface area contributed by atoms with Crippen LogP contribution in [0.5, 0.6) is 6.01 Å². The van der Waals surface area contributed by atoms with Gasteiger partial charge in [0.1, 0.15) is 5.65 Å². The monoisotopic (exact) mass is 585 g/mol. The van der Waals surface area contributed by atoms with Crippen LogP contribution in [-0.4, -0.2) is 56.2 Å². The molecular weight excluding hydrogens is 534 g/mol. The highest BCUT2D eigenvalue weighted by Crippen LogP contribution is 2.41. The standard InChI is InChI=1S/C36H51N5O2/c1-35(2)18-8-6-5-7-12-29(13-9-19-35)31-32(30-16-14-27(23-37)15-17-30)39-34(41-22-20-38-33(31)41)43-25-28-11-10-21-40(24-28)26-36(3,4)42/h14-17,20,22,28-29,42H,5-13,18-19,21,24-26H2,1-4H3. The minimum absolute atomic E-state index is 0.361. The van der Waals surface area contributed by atoms with Crippen LogP contribution in [0.2, 0.25) is 0 Å². The summed E-state index contributed by atoms with van der Waals surface area (Å²) >= 11 is 0. The fourth-order valence-electron chi connectivity index (χ4n) is 7.28. The number of nitrogens with zero attached hydrogens (tertiary/aromatic N) is 5. The maximum absolute atomic E-state index is 10.4. The SMILES string of the molecule is CC(C)(O)CN1CCCC(COc2nc(-c3ccc(C#N)cc3)c(C3CCCCCCC(C)(C)CCC3)c3nccn23)C1. The Bertz CT molecular complexity index is 1380. The molecule has 0 bridgehead atoms. The van der Waals surface area contributed by atoms with E-state index < -0.39 is 5.60 Å². The summed E-state index contributed by atoms with van der Waals surface area (Å²) in [6.45, 7) is 11.8. The van der Waals surface area contributed by atoms with E-state index in [9.17, 15) is 10.4 Å². The van der Waals surface area contributed by atoms with Gasteiger partial charge < -0.3 is 14.7 Å². The molecule has 2 fully saturated rings. The molecule has 0 spiro atoms. The molecule has 2 atom stereocenters. The average molecular weight is 586 g/mol. The van der Waals surface area contributed by atoms with Gasteiger partial charge >= 0.3 is 6.01 Å². The van der Waals surface area contributed by atoms with Crippen molar-refractivity contribution in [1.29, 1.82) is 5.26 Å². The van der Waals surface area contributed by atoms with E-state index in [1.54, 1.807) is 0 Å². The smallest absolute Gasteiger partial charge is 0.302 e. The first kappa shape index (κ1) is 31.5. The summed E-state index contributed by atoms with van der Waals surface area (Å²) in [6.07, 6.45) is 17.2. The number of hydrogen-bond acceptors (Lipinski definition) is 6. The third-order valence-corrected chi connectivity index (χ3v) is 9.47. The van der Waals surface area contributed by atoms with Crippen LogP contribution in [0.1, 0.15) is 115 Å². The second-order valence-electron chi connectivity index (χ2n) is 14.5. The molecule has 43 heavy (non-hydrogen) atoms. The van der Waals surface area contributed by atoms with Gasteiger partial charge in [-0.1, -0.05) is 58.1 Å². The van der Waals surface area contributed by atoms with Gasteiger partial charge in [-0.05, 0) is 82.4 Å². The summed E-state index contributed by atoms with van der Waals surface area (Å²) in [5.74, 6) is 0.736. The normalized spacial score (nSPS) is 22.5. The molecule has 1 aliphatic carbocycles. The van der Waals surface area contributed by atoms with Gasteiger partial charge in [0.2, 0.25) is 0 Å². The first-order chi connectivity index (χ1) is 20.6. The number of imidazole rings is 1. The van der Waals surface area contributed by atoms with Crippen molar-refractivity contribution in [2.24, 2.45) is 11.3 Å². The van der Waals surface area contributed by atoms with Crippen molar-refractivity contribution in [3.63, 3.8) is 0 Å². The number of likely N-dealkylation sites (tertiary alicyclic amines) is 1. The first-order valence-electron chi connectivity index (χ1n) is 16.6. The van der Waals surface area contributed by atoms with Gasteiger partial charge in [0.15, 0.2) is 0 Å². The molecular formula is C36H51N5O2. The van der Waals surface area contributed by atoms with Crippen LogP contribution in [0, 0.1) is 22.7 Å². The summed E-state index contributed by atoms with van der Waals surface area (Å²) in [5, 5.41) is 19.8. The molecule has 7 heteroatoms. The van der Waals surface area contributed by atoms with Crippen molar-refractivity contribution in [3.05, 3.63) is 47.8 Å². The van der Waals surface area contributed by atoms with Crippen LogP contribution in [0.3, 0.4) is 0 Å². The molecule has 2 aliphatic rings. The third kappa shape index (κ3) is 8.37. The Kier molecular flexibility index (Phi) is 10.1. The quantitative estimate of drug-likeness (QED) is 0.305. The zero-order chi connectivity index (χ0) is 30.5. The molecule has 0 amide bonds. The van der Waals surface area contributed by atoms with E-state index in [-0.39, 0.29) is 0 Å². The van der Waals surface area contributed by atoms with Gasteiger partial charge in [-0.15, -0.1) is 0 Å². The Balaban J connectivity index is 1.48. The predicted octanol–water partition coefficient (Wildman–Crippen LogP) is 7.76. The predicted molar refractivity (Wildman–Crippen MR) is 172 cm³/mol. The van der Waals surface area contributed by atoms with Gasteiger partial charge in [0.05, 0.1) is 29.5 Å². The molecule has 0 radical (unpaired) electrons. The Morgan fingerprint density at radius 1 is 1.02 bits per heavy atom. The van der Waals surface area contributed by atoms with Gasteiger partial charge in [-0.25, -0.2) is 4.98 Å². The summed E-state index contributed by atoms with van der Waals surface area (Å²) in [4.78, 5) is 12.5. The second-order valence-corrected chi connectivity index (χ2v) is 14.5. The largest absolute Gasteiger partial charge is 0.464 e. The van der Waals surface area contributed by atoms with Crippen molar-refractivity contribution in [2.75, 3.05) is 26.2 Å². The van der Waals surface area contributed by atoms with Gasteiger partial charge in [0, 0.05) is 42.5 Å². The van der Waals surface area contributed by atoms with Crippen molar-refractivity contribution < 1.29 is 9.84 Å². The molecule has 2 unspecified atom stereocenters. The van der Waals surface area contributed by atoms with Crippen LogP contribution in [0.4, 0.5) is 0 Å². The fourth-order valence-corrected chi connectivity index (χ4v) is 7.28. The molecule has 2 aromatic heterocycles. The van der Waals surface area contributed by atoms with Crippen molar-refractivity contribution in [2.45, 2.75) is 110 Å². The molecule has 1 aromatic carbocycles. The van der Waals surface area contributed by atoms with Crippen molar-refractivity contribution >= 4 is 5.65 Å². The number of piperidine rings is 1. The number of rotatable bonds is 7. The summed E-state index contributed by atoms with van der Waals surface area (Å²) in [5.41, 5.74) is 4.42. The Morgan fingerprint density at radius 2 is 1.77 bits per heavy atom. The topological polar surface area (TPSA) is 86.7 Å². The molecule has 232 valence electrons. The van der Waals surface area contributed by atoms with Crippen LogP contribution in [0.25, 0.3) is 16.9 Å². The summed E-state index contributed by atoms with van der Waals surface area (Å²) in [6, 6.07) is 10.7. The Morgan fingerprint density at radius 3 is 2.53 bits per heavy atom. The van der Waals surface area contributed by atoms with Crippen molar-refractivity contribution in [3.8, 4) is 23.3 Å². The summed E-state index contributed by atoms with van der Waals surface area (Å²) in [7, 11) is 0. The third-order valence-electron chi connectivity index (χ3n) is 9.47. The zero-order valence-electron chi connectivity index (χ0n) is 26.8. The van der Waals surface area contributed by atoms with Crippen LogP contribution in [0.15, 0.2) is 36.7 Å². The van der Waals surface area contributed by atoms with E-state index in [1.165, 1.54) is 50.5 Å². The number of fused-ring (bicyclic) bond motifs is 1. The number of benzene rings is 1. The van der Waals surface area contributed by atoms with E-state index in [1.807, 2.05) is 50.5 Å². The van der Waals surface area contributed by atoms with Crippen LogP contribution in [-0.2, 0) is 0 Å². The van der Waals surface area contributed by atoms with E-state index in [4.69, 9.17) is 14.7 Å². The van der Waals surface area contributed by atoms with Gasteiger partial charge in [-0.2, -0.15) is 10.2 Å². The maximum Gasteiger partial charge on any atom is 0.302 e. The molecule has 1 N–H and O–H groups in total. The minimum Gasteiger partial charge on any atom is -0.464 e. The molecule has 5 rings (SSSR count). The van der Waals surface area contributed by atoms with Gasteiger partial charge in [-0.3, -0.25) is 4.40 Å². The van der Waals surface area contributed by atoms with Crippen LogP contribution >= 0.6 is 0 Å². The lowest BCUT2D eigenvalue weighted by atomic mass is 9.80. The molecule has 3 aromatic rings. The van der Waals surface area contributed by atoms with Gasteiger partial charge in [0.25, 0.3) is 0 Å². The van der Waals surface area contributed by atoms with E-state index in [0.717, 1.165) is 55.7 Å². The number of β-amino-alcohol motifs (C(OH)–C–C–N with tert-alkyl or cyclic N) is 1. The molecule has 7 nitrogen and oxygen atoms in total. The van der Waals surface area contributed by atoms with E-state index in [0.29, 0.717) is 42.0 Å². The van der Waals surface area contributed by atoms with Crippen LogP contribution < -0.4 is 4.74 Å². The highest BCUT2D eigenvalue weighted by atomic mass is 16.5. The lowest BCUT2D eigenvalue weighted by Gasteiger charge is -2.35. The van der Waals surface area contributed by atoms with E-state index >= 15 is 0 Å². The average Bonchev–Trinajstić information content (AvgIpc) is 3.45. The maximum atomic E-state index is 10.4. The zero-order valence-corrected chi connectivity index (χ0v) is 26.8. The lowest BCUT2D eigenvalue weighted by Crippen LogP contribution is -2.45. The second kappa shape index (κ2) is 13.8. The highest BCUT2D eigenvalue weighted by Gasteiger charge is 2.28. The minimum atomic E-state index is -0.705. The highest BCUT2D eigenvalue weighted by molar-refractivity contribution is 5.72. The first-order valence-corrected chi connectivity index (χ1v) is 16.6. The number of hydrogen-bond donors (Lipinski definition) is 1. The molecule has 1 aliphatic heterocycles. The molecule has 1 saturated carbocycles. The summed E-state index contributed by atoms with van der Waals surface area (Å²) < 4.78 is 8.59. The molecule has 3 heterocycles. The fraction of sp³-hybridized carbons (Fsp3) is 0.639. The number of aromatic nitrogens is 3. The van der Waals surface area contributed by atoms with Crippen molar-refractivity contribution in [1.82, 2.24) is 19.3 Å². The number of aliphatic hydroxyl groups is 1. The molecule has 1 saturated heterocycles. The number of ether oxygens (including phenoxy) is 1. The van der Waals surface area contributed by atoms with E-state index in [2.05, 4.69) is 29.2 Å². The lowest BCUT2D eigenvalue weighted by molar-refractivity contribution is 0.0162. The Labute approximate surface area is 258 Å². The number of nitriles is 1. The Hall–Kier alpha value is -2.95.